The molecule has 2 aromatic rings. The average Bonchev–Trinajstić information content (AvgIpc) is 3.22. The zero-order valence-electron chi connectivity index (χ0n) is 15.3. The first-order valence-corrected chi connectivity index (χ1v) is 10.8. The van der Waals surface area contributed by atoms with E-state index in [0.29, 0.717) is 24.7 Å². The molecule has 144 valence electrons. The van der Waals surface area contributed by atoms with Crippen LogP contribution in [0.5, 0.6) is 11.5 Å². The van der Waals surface area contributed by atoms with Crippen LogP contribution in [0.15, 0.2) is 47.4 Å². The van der Waals surface area contributed by atoms with Crippen molar-refractivity contribution in [3.63, 3.8) is 0 Å². The Morgan fingerprint density at radius 1 is 0.963 bits per heavy atom. The van der Waals surface area contributed by atoms with Gasteiger partial charge in [-0.3, -0.25) is 0 Å². The van der Waals surface area contributed by atoms with Gasteiger partial charge in [-0.2, -0.15) is 0 Å². The number of hydrogen-bond donors (Lipinski definition) is 1. The number of nitrogens with zero attached hydrogens (tertiary/aromatic N) is 1. The summed E-state index contributed by atoms with van der Waals surface area (Å²) in [5, 5.41) is 0. The summed E-state index contributed by atoms with van der Waals surface area (Å²) in [4.78, 5) is 2.53. The highest BCUT2D eigenvalue weighted by molar-refractivity contribution is 7.89. The molecule has 1 fully saturated rings. The summed E-state index contributed by atoms with van der Waals surface area (Å²) < 4.78 is 39.2. The van der Waals surface area contributed by atoms with Crippen LogP contribution in [0.1, 0.15) is 31.4 Å². The molecule has 0 saturated carbocycles. The van der Waals surface area contributed by atoms with E-state index in [0.717, 1.165) is 18.7 Å². The standard InChI is InChI=1S/C20H24N2O4S/c1-15(16-4-6-17(7-5-16)22-10-2-3-11-22)21-27(23,24)18-8-9-19-20(14-18)26-13-12-25-19/h4-9,14-15,21H,2-3,10-13H2,1H3. The highest BCUT2D eigenvalue weighted by Crippen LogP contribution is 2.32. The van der Waals surface area contributed by atoms with Crippen molar-refractivity contribution in [2.45, 2.75) is 30.7 Å². The average molecular weight is 388 g/mol. The quantitative estimate of drug-likeness (QED) is 0.853. The molecule has 0 amide bonds. The minimum absolute atomic E-state index is 0.173. The highest BCUT2D eigenvalue weighted by atomic mass is 32.2. The monoisotopic (exact) mass is 388 g/mol. The SMILES string of the molecule is CC(NS(=O)(=O)c1ccc2c(c1)OCCO2)c1ccc(N2CCCC2)cc1. The van der Waals surface area contributed by atoms with Gasteiger partial charge in [0.25, 0.3) is 0 Å². The van der Waals surface area contributed by atoms with Crippen molar-refractivity contribution < 1.29 is 17.9 Å². The third-order valence-corrected chi connectivity index (χ3v) is 6.56. The lowest BCUT2D eigenvalue weighted by molar-refractivity contribution is 0.171. The number of anilines is 1. The molecule has 2 heterocycles. The minimum Gasteiger partial charge on any atom is -0.486 e. The summed E-state index contributed by atoms with van der Waals surface area (Å²) in [6.45, 7) is 4.92. The normalized spacial score (nSPS) is 17.7. The Hall–Kier alpha value is -2.25. The van der Waals surface area contributed by atoms with Crippen molar-refractivity contribution in [1.29, 1.82) is 0 Å². The van der Waals surface area contributed by atoms with Gasteiger partial charge in [0.05, 0.1) is 4.90 Å². The number of benzene rings is 2. The van der Waals surface area contributed by atoms with Crippen LogP contribution in [0.2, 0.25) is 0 Å². The Balaban J connectivity index is 1.48. The number of sulfonamides is 1. The van der Waals surface area contributed by atoms with Crippen LogP contribution in [-0.2, 0) is 10.0 Å². The Kier molecular flexibility index (Phi) is 4.97. The van der Waals surface area contributed by atoms with E-state index < -0.39 is 10.0 Å². The Bertz CT molecular complexity index is 906. The number of ether oxygens (including phenoxy) is 2. The topological polar surface area (TPSA) is 67.9 Å². The molecule has 7 heteroatoms. The van der Waals surface area contributed by atoms with Crippen LogP contribution < -0.4 is 19.1 Å². The van der Waals surface area contributed by atoms with Gasteiger partial charge in [-0.1, -0.05) is 12.1 Å². The summed E-state index contributed by atoms with van der Waals surface area (Å²) in [7, 11) is -3.66. The first kappa shape index (κ1) is 18.1. The second-order valence-corrected chi connectivity index (χ2v) is 8.65. The molecule has 2 aliphatic heterocycles. The van der Waals surface area contributed by atoms with E-state index in [4.69, 9.17) is 9.47 Å². The van der Waals surface area contributed by atoms with E-state index in [1.807, 2.05) is 19.1 Å². The third-order valence-electron chi connectivity index (χ3n) is 5.02. The first-order chi connectivity index (χ1) is 13.0. The van der Waals surface area contributed by atoms with Crippen molar-refractivity contribution >= 4 is 15.7 Å². The molecule has 6 nitrogen and oxygen atoms in total. The number of rotatable bonds is 5. The lowest BCUT2D eigenvalue weighted by atomic mass is 10.1. The minimum atomic E-state index is -3.66. The Morgan fingerprint density at radius 2 is 1.63 bits per heavy atom. The lowest BCUT2D eigenvalue weighted by Gasteiger charge is -2.21. The van der Waals surface area contributed by atoms with E-state index in [2.05, 4.69) is 21.8 Å². The van der Waals surface area contributed by atoms with Gasteiger partial charge >= 0.3 is 0 Å². The fourth-order valence-electron chi connectivity index (χ4n) is 3.51. The van der Waals surface area contributed by atoms with E-state index in [-0.39, 0.29) is 10.9 Å². The van der Waals surface area contributed by atoms with Crippen molar-refractivity contribution in [1.82, 2.24) is 4.72 Å². The van der Waals surface area contributed by atoms with Gasteiger partial charge in [0, 0.05) is 30.9 Å². The van der Waals surface area contributed by atoms with Crippen LogP contribution in [0.3, 0.4) is 0 Å². The van der Waals surface area contributed by atoms with Gasteiger partial charge in [-0.05, 0) is 49.6 Å². The van der Waals surface area contributed by atoms with Crippen molar-refractivity contribution in [2.24, 2.45) is 0 Å². The van der Waals surface area contributed by atoms with Crippen molar-refractivity contribution in [3.05, 3.63) is 48.0 Å². The van der Waals surface area contributed by atoms with E-state index in [1.165, 1.54) is 24.6 Å². The Labute approximate surface area is 160 Å². The van der Waals surface area contributed by atoms with Crippen molar-refractivity contribution in [2.75, 3.05) is 31.2 Å². The summed E-state index contributed by atoms with van der Waals surface area (Å²) in [6.07, 6.45) is 2.46. The molecule has 0 aliphatic carbocycles. The largest absolute Gasteiger partial charge is 0.486 e. The molecule has 4 rings (SSSR count). The zero-order valence-corrected chi connectivity index (χ0v) is 16.2. The molecule has 2 aliphatic rings. The number of hydrogen-bond acceptors (Lipinski definition) is 5. The van der Waals surface area contributed by atoms with Crippen LogP contribution >= 0.6 is 0 Å². The molecule has 1 atom stereocenters. The molecule has 0 bridgehead atoms. The fourth-order valence-corrected chi connectivity index (χ4v) is 4.76. The maximum Gasteiger partial charge on any atom is 0.241 e. The molecular weight excluding hydrogens is 364 g/mol. The van der Waals surface area contributed by atoms with E-state index >= 15 is 0 Å². The Morgan fingerprint density at radius 3 is 2.33 bits per heavy atom. The van der Waals surface area contributed by atoms with E-state index in [1.54, 1.807) is 12.1 Å². The predicted octanol–water partition coefficient (Wildman–Crippen LogP) is 3.10. The molecular formula is C20H24N2O4S. The molecule has 0 aromatic heterocycles. The summed E-state index contributed by atoms with van der Waals surface area (Å²) >= 11 is 0. The number of fused-ring (bicyclic) bond motifs is 1. The third kappa shape index (κ3) is 3.89. The van der Waals surface area contributed by atoms with Gasteiger partial charge in [-0.15, -0.1) is 0 Å². The van der Waals surface area contributed by atoms with Gasteiger partial charge in [-0.25, -0.2) is 13.1 Å². The second kappa shape index (κ2) is 7.40. The van der Waals surface area contributed by atoms with E-state index in [9.17, 15) is 8.42 Å². The molecule has 1 N–H and O–H groups in total. The molecule has 2 aromatic carbocycles. The second-order valence-electron chi connectivity index (χ2n) is 6.93. The van der Waals surface area contributed by atoms with Crippen LogP contribution in [0.25, 0.3) is 0 Å². The van der Waals surface area contributed by atoms with Gasteiger partial charge in [0.15, 0.2) is 11.5 Å². The maximum absolute atomic E-state index is 12.8. The smallest absolute Gasteiger partial charge is 0.241 e. The highest BCUT2D eigenvalue weighted by Gasteiger charge is 2.22. The molecule has 27 heavy (non-hydrogen) atoms. The molecule has 1 saturated heterocycles. The molecule has 0 radical (unpaired) electrons. The van der Waals surface area contributed by atoms with Crippen molar-refractivity contribution in [3.8, 4) is 11.5 Å². The number of nitrogens with one attached hydrogen (secondary N) is 1. The van der Waals surface area contributed by atoms with Crippen LogP contribution in [0, 0.1) is 0 Å². The van der Waals surface area contributed by atoms with Crippen LogP contribution in [-0.4, -0.2) is 34.7 Å². The first-order valence-electron chi connectivity index (χ1n) is 9.30. The maximum atomic E-state index is 12.8. The van der Waals surface area contributed by atoms with Gasteiger partial charge < -0.3 is 14.4 Å². The molecule has 1 unspecified atom stereocenters. The molecule has 0 spiro atoms. The summed E-state index contributed by atoms with van der Waals surface area (Å²) in [6, 6.07) is 12.5. The zero-order chi connectivity index (χ0) is 18.9. The summed E-state index contributed by atoms with van der Waals surface area (Å²) in [5.41, 5.74) is 2.12. The van der Waals surface area contributed by atoms with Crippen LogP contribution in [0.4, 0.5) is 5.69 Å². The predicted molar refractivity (Wildman–Crippen MR) is 104 cm³/mol. The summed E-state index contributed by atoms with van der Waals surface area (Å²) in [5.74, 6) is 1.04. The fraction of sp³-hybridized carbons (Fsp3) is 0.400. The lowest BCUT2D eigenvalue weighted by Crippen LogP contribution is -2.27. The van der Waals surface area contributed by atoms with Gasteiger partial charge in [0.2, 0.25) is 10.0 Å². The van der Waals surface area contributed by atoms with Gasteiger partial charge in [0.1, 0.15) is 13.2 Å².